The van der Waals surface area contributed by atoms with E-state index >= 15 is 0 Å². The van der Waals surface area contributed by atoms with Crippen LogP contribution in [0.25, 0.3) is 5.57 Å². The number of hydrogen-bond acceptors (Lipinski definition) is 10. The molecule has 1 spiro atoms. The molecule has 13 heteroatoms. The van der Waals surface area contributed by atoms with Crippen LogP contribution in [0.15, 0.2) is 47.0 Å². The van der Waals surface area contributed by atoms with Crippen LogP contribution in [0, 0.1) is 28.6 Å². The second-order valence-corrected chi connectivity index (χ2v) is 20.4. The third kappa shape index (κ3) is 8.55. The van der Waals surface area contributed by atoms with Gasteiger partial charge in [0.25, 0.3) is 5.91 Å². The molecule has 2 saturated heterocycles. The van der Waals surface area contributed by atoms with Gasteiger partial charge in [-0.15, -0.1) is 0 Å². The number of amides is 2. The van der Waals surface area contributed by atoms with Gasteiger partial charge in [0, 0.05) is 131 Å². The Morgan fingerprint density at radius 1 is 0.967 bits per heavy atom. The summed E-state index contributed by atoms with van der Waals surface area (Å²) in [5.74, 6) is 1.19. The maximum absolute atomic E-state index is 13.1. The number of likely N-dealkylation sites (tertiary alicyclic amines) is 1. The summed E-state index contributed by atoms with van der Waals surface area (Å²) in [6, 6.07) is 5.52. The van der Waals surface area contributed by atoms with Crippen molar-refractivity contribution in [2.45, 2.75) is 124 Å². The molecule has 2 aliphatic carbocycles. The lowest BCUT2D eigenvalue weighted by atomic mass is 9.52. The minimum Gasteiger partial charge on any atom is -0.404 e. The Hall–Kier alpha value is -4.78. The van der Waals surface area contributed by atoms with E-state index in [1.807, 2.05) is 4.90 Å². The Morgan fingerprint density at radius 2 is 1.66 bits per heavy atom. The summed E-state index contributed by atoms with van der Waals surface area (Å²) in [5, 5.41) is 16.9. The molecule has 8 rings (SSSR count). The molecule has 2 aromatic rings. The summed E-state index contributed by atoms with van der Waals surface area (Å²) in [6.45, 7) is 18.6. The Morgan fingerprint density at radius 3 is 2.28 bits per heavy atom. The van der Waals surface area contributed by atoms with E-state index in [4.69, 9.17) is 5.73 Å². The van der Waals surface area contributed by atoms with Crippen molar-refractivity contribution >= 4 is 41.1 Å². The normalized spacial score (nSPS) is 23.5. The molecule has 6 aliphatic rings. The van der Waals surface area contributed by atoms with E-state index in [9.17, 15) is 15.0 Å². The first-order chi connectivity index (χ1) is 29.1. The van der Waals surface area contributed by atoms with Crippen molar-refractivity contribution in [2.24, 2.45) is 27.0 Å². The van der Waals surface area contributed by atoms with Crippen LogP contribution >= 0.6 is 0 Å². The van der Waals surface area contributed by atoms with Crippen LogP contribution in [0.3, 0.4) is 0 Å². The lowest BCUT2D eigenvalue weighted by molar-refractivity contribution is -0.128. The zero-order chi connectivity index (χ0) is 43.3. The smallest absolute Gasteiger partial charge is 0.254 e. The number of carbonyl (C=O) groups is 2. The number of carbonyl (C=O) groups excluding carboxylic acids is 2. The van der Waals surface area contributed by atoms with Gasteiger partial charge in [-0.25, -0.2) is 9.97 Å². The Labute approximate surface area is 363 Å². The molecule has 4 fully saturated rings. The van der Waals surface area contributed by atoms with Gasteiger partial charge in [0.15, 0.2) is 0 Å². The van der Waals surface area contributed by atoms with E-state index in [0.29, 0.717) is 42.0 Å². The van der Waals surface area contributed by atoms with Crippen LogP contribution in [0.2, 0.25) is 0 Å². The molecule has 5 N–H and O–H groups in total. The number of hydrogen-bond donors (Lipinski definition) is 4. The molecule has 2 amide bonds. The average Bonchev–Trinajstić information content (AvgIpc) is 3.23. The number of amidine groups is 1. The number of aliphatic imine (C=N–C) groups is 1. The number of piperidine rings is 1. The summed E-state index contributed by atoms with van der Waals surface area (Å²) in [5.41, 5.74) is 14.5. The number of nitrogens with two attached hydrogens (primary N) is 1. The summed E-state index contributed by atoms with van der Waals surface area (Å²) in [7, 11) is 1.76. The van der Waals surface area contributed by atoms with Crippen molar-refractivity contribution < 1.29 is 9.59 Å². The summed E-state index contributed by atoms with van der Waals surface area (Å²) >= 11 is 0. The highest BCUT2D eigenvalue weighted by atomic mass is 16.2. The molecule has 2 saturated carbocycles. The van der Waals surface area contributed by atoms with Gasteiger partial charge in [0.05, 0.1) is 12.1 Å². The van der Waals surface area contributed by atoms with Gasteiger partial charge in [0.1, 0.15) is 5.84 Å². The molecule has 0 unspecified atom stereocenters. The summed E-state index contributed by atoms with van der Waals surface area (Å²) < 4.78 is 0. The minimum atomic E-state index is -0.0870. The van der Waals surface area contributed by atoms with Crippen LogP contribution in [-0.2, 0) is 11.2 Å². The summed E-state index contributed by atoms with van der Waals surface area (Å²) in [4.78, 5) is 48.2. The molecular formula is C48H69N11O2. The first kappa shape index (κ1) is 42.9. The molecule has 1 aromatic heterocycles. The van der Waals surface area contributed by atoms with Crippen molar-refractivity contribution in [1.29, 1.82) is 5.41 Å². The number of aromatic nitrogens is 2. The number of nitrogens with zero attached hydrogens (tertiary/aromatic N) is 7. The first-order valence-electron chi connectivity index (χ1n) is 22.8. The van der Waals surface area contributed by atoms with E-state index in [0.717, 1.165) is 111 Å². The number of allylic oxidation sites excluding steroid dienone is 1. The fraction of sp³-hybridized carbons (Fsp3) is 0.625. The number of nitrogens with one attached hydrogen (secondary N) is 3. The Balaban J connectivity index is 0.844. The fourth-order valence-electron chi connectivity index (χ4n) is 12.2. The number of rotatable bonds is 9. The molecule has 5 heterocycles. The van der Waals surface area contributed by atoms with E-state index in [1.54, 1.807) is 38.8 Å². The van der Waals surface area contributed by atoms with Crippen molar-refractivity contribution in [2.75, 3.05) is 62.7 Å². The first-order valence-corrected chi connectivity index (χ1v) is 22.8. The van der Waals surface area contributed by atoms with E-state index in [-0.39, 0.29) is 28.7 Å². The number of anilines is 2. The second-order valence-electron chi connectivity index (χ2n) is 20.4. The highest BCUT2D eigenvalue weighted by Crippen LogP contribution is 2.53. The molecule has 0 radical (unpaired) electrons. The predicted molar refractivity (Wildman–Crippen MR) is 245 cm³/mol. The maximum atomic E-state index is 13.1. The van der Waals surface area contributed by atoms with Crippen molar-refractivity contribution in [1.82, 2.24) is 30.4 Å². The minimum absolute atomic E-state index is 0.0560. The van der Waals surface area contributed by atoms with Crippen LogP contribution < -0.4 is 26.2 Å². The monoisotopic (exact) mass is 832 g/mol. The molecule has 1 aromatic carbocycles. The molecule has 0 atom stereocenters. The predicted octanol–water partition coefficient (Wildman–Crippen LogP) is 6.08. The van der Waals surface area contributed by atoms with Gasteiger partial charge >= 0.3 is 0 Å². The molecule has 0 bridgehead atoms. The van der Waals surface area contributed by atoms with Crippen LogP contribution in [-0.4, -0.2) is 115 Å². The van der Waals surface area contributed by atoms with Crippen LogP contribution in [0.5, 0.6) is 0 Å². The number of benzene rings is 1. The molecule has 328 valence electrons. The zero-order valence-electron chi connectivity index (χ0n) is 37.7. The highest BCUT2D eigenvalue weighted by molar-refractivity contribution is 6.12. The van der Waals surface area contributed by atoms with Gasteiger partial charge in [-0.1, -0.05) is 27.7 Å². The van der Waals surface area contributed by atoms with E-state index in [2.05, 4.69) is 87.0 Å². The lowest BCUT2D eigenvalue weighted by Crippen LogP contribution is -2.63. The lowest BCUT2D eigenvalue weighted by Gasteiger charge is -2.57. The maximum Gasteiger partial charge on any atom is 0.254 e. The molecule has 13 nitrogen and oxygen atoms in total. The van der Waals surface area contributed by atoms with Crippen molar-refractivity contribution in [3.63, 3.8) is 0 Å². The SMILES string of the molecule is CN=C/C(=C\N)c1cc2c(cc1C)N(C(=N)C1=C(NC3CCN(C4CCC5(CC4)CN(c4ncc(C(=O)NC6C(C)(C)CC6(C)C)cn4)C5)CC3)CCN(C(C)=O)C1)CCC2. The van der Waals surface area contributed by atoms with Gasteiger partial charge in [-0.05, 0) is 104 Å². The van der Waals surface area contributed by atoms with Gasteiger partial charge < -0.3 is 36.0 Å². The molecule has 61 heavy (non-hydrogen) atoms. The standard InChI is InChI=1S/C48H69N11O2/c1-31-21-41-33(22-38(31)34(23-49)24-51-7)9-8-17-59(41)42(50)39-27-57(32(2)60)20-14-40(39)54-36-12-18-56(19-13-36)37-10-15-48(16-11-37)29-58(30-48)45-52-25-35(26-53-45)43(61)55-44-46(3,4)28-47(44,5)6/h21-26,36-37,44,50,54H,8-20,27-30,49H2,1-7H3,(H,55,61)/b34-23+,50-42?,51-24?. The zero-order valence-corrected chi connectivity index (χ0v) is 37.7. The molecule has 4 aliphatic heterocycles. The largest absolute Gasteiger partial charge is 0.404 e. The quantitative estimate of drug-likeness (QED) is 0.174. The fourth-order valence-corrected chi connectivity index (χ4v) is 12.2. The van der Waals surface area contributed by atoms with Crippen LogP contribution in [0.1, 0.15) is 119 Å². The average molecular weight is 832 g/mol. The van der Waals surface area contributed by atoms with Crippen molar-refractivity contribution in [3.05, 3.63) is 64.3 Å². The van der Waals surface area contributed by atoms with E-state index in [1.165, 1.54) is 31.2 Å². The topological polar surface area (TPSA) is 159 Å². The van der Waals surface area contributed by atoms with Crippen molar-refractivity contribution in [3.8, 4) is 0 Å². The third-order valence-corrected chi connectivity index (χ3v) is 15.1. The Kier molecular flexibility index (Phi) is 11.8. The molecular weight excluding hydrogens is 763 g/mol. The van der Waals surface area contributed by atoms with Gasteiger partial charge in [-0.3, -0.25) is 20.0 Å². The Bertz CT molecular complexity index is 2080. The highest BCUT2D eigenvalue weighted by Gasteiger charge is 2.53. The number of fused-ring (bicyclic) bond motifs is 1. The second kappa shape index (κ2) is 16.8. The van der Waals surface area contributed by atoms with Gasteiger partial charge in [-0.2, -0.15) is 0 Å². The number of aryl methyl sites for hydroxylation is 2. The third-order valence-electron chi connectivity index (χ3n) is 15.1. The van der Waals surface area contributed by atoms with E-state index < -0.39 is 0 Å². The van der Waals surface area contributed by atoms with Gasteiger partial charge in [0.2, 0.25) is 11.9 Å². The summed E-state index contributed by atoms with van der Waals surface area (Å²) in [6.07, 6.45) is 17.6. The van der Waals surface area contributed by atoms with Crippen LogP contribution in [0.4, 0.5) is 11.6 Å².